The number of halogens is 1. The number of hydrogen-bond acceptors (Lipinski definition) is 8. The molecule has 0 radical (unpaired) electrons. The topological polar surface area (TPSA) is 110 Å². The average Bonchev–Trinajstić information content (AvgIpc) is 3.57. The van der Waals surface area contributed by atoms with Gasteiger partial charge in [-0.05, 0) is 30.5 Å². The molecule has 0 spiro atoms. The second-order valence-electron chi connectivity index (χ2n) is 9.81. The Kier molecular flexibility index (Phi) is 8.16. The highest BCUT2D eigenvalue weighted by atomic mass is 35.5. The Labute approximate surface area is 221 Å². The Morgan fingerprint density at radius 2 is 1.97 bits per heavy atom. The molecule has 2 aromatic rings. The van der Waals surface area contributed by atoms with Gasteiger partial charge in [-0.3, -0.25) is 0 Å². The van der Waals surface area contributed by atoms with Crippen LogP contribution in [0.2, 0.25) is 5.02 Å². The molecule has 37 heavy (non-hydrogen) atoms. The van der Waals surface area contributed by atoms with E-state index in [-0.39, 0.29) is 6.10 Å². The van der Waals surface area contributed by atoms with Crippen molar-refractivity contribution in [3.8, 4) is 0 Å². The molecule has 2 fully saturated rings. The summed E-state index contributed by atoms with van der Waals surface area (Å²) in [5.41, 5.74) is 0.796. The third kappa shape index (κ3) is 5.16. The van der Waals surface area contributed by atoms with Gasteiger partial charge in [-0.2, -0.15) is 0 Å². The van der Waals surface area contributed by atoms with E-state index in [4.69, 9.17) is 35.5 Å². The summed E-state index contributed by atoms with van der Waals surface area (Å²) in [6.45, 7) is 2.75. The SMILES string of the molecule is CCCCC1=NC2(c3ccc(Cl)c(C(O[C@H]4CCOC4)c4ccccc4)c3)O[C@H](CO)[C@@H](O)[C@H](O)C2O1. The van der Waals surface area contributed by atoms with Crippen LogP contribution in [0.15, 0.2) is 53.5 Å². The van der Waals surface area contributed by atoms with Crippen LogP contribution in [0.5, 0.6) is 0 Å². The first-order chi connectivity index (χ1) is 18.0. The quantitative estimate of drug-likeness (QED) is 0.454. The summed E-state index contributed by atoms with van der Waals surface area (Å²) in [5, 5.41) is 32.0. The van der Waals surface area contributed by atoms with E-state index >= 15 is 0 Å². The van der Waals surface area contributed by atoms with Gasteiger partial charge in [0, 0.05) is 29.2 Å². The highest BCUT2D eigenvalue weighted by Crippen LogP contribution is 2.47. The molecule has 3 aliphatic heterocycles. The van der Waals surface area contributed by atoms with E-state index in [9.17, 15) is 15.3 Å². The van der Waals surface area contributed by atoms with Gasteiger partial charge in [0.2, 0.25) is 5.72 Å². The van der Waals surface area contributed by atoms with Crippen molar-refractivity contribution in [2.24, 2.45) is 4.99 Å². The number of fused-ring (bicyclic) bond motifs is 1. The van der Waals surface area contributed by atoms with Crippen molar-refractivity contribution < 1.29 is 34.3 Å². The zero-order valence-electron chi connectivity index (χ0n) is 20.8. The zero-order chi connectivity index (χ0) is 26.0. The van der Waals surface area contributed by atoms with Crippen LogP contribution in [0.25, 0.3) is 0 Å². The number of aliphatic hydroxyl groups is 3. The number of aliphatic hydroxyl groups excluding tert-OH is 3. The summed E-state index contributed by atoms with van der Waals surface area (Å²) in [6, 6.07) is 15.2. The first-order valence-electron chi connectivity index (χ1n) is 12.9. The second-order valence-corrected chi connectivity index (χ2v) is 10.2. The maximum Gasteiger partial charge on any atom is 0.228 e. The Hall–Kier alpha value is -2.04. The first-order valence-corrected chi connectivity index (χ1v) is 13.3. The molecule has 5 rings (SSSR count). The Balaban J connectivity index is 1.59. The first kappa shape index (κ1) is 26.6. The van der Waals surface area contributed by atoms with Crippen molar-refractivity contribution in [3.05, 3.63) is 70.2 Å². The van der Waals surface area contributed by atoms with Crippen molar-refractivity contribution in [1.29, 1.82) is 0 Å². The average molecular weight is 532 g/mol. The van der Waals surface area contributed by atoms with Gasteiger partial charge in [-0.25, -0.2) is 4.99 Å². The van der Waals surface area contributed by atoms with Gasteiger partial charge in [0.25, 0.3) is 0 Å². The molecule has 9 heteroatoms. The molecular formula is C28H34ClNO7. The molecular weight excluding hydrogens is 498 g/mol. The summed E-state index contributed by atoms with van der Waals surface area (Å²) in [6.07, 6.45) is -2.06. The van der Waals surface area contributed by atoms with E-state index in [0.29, 0.717) is 41.7 Å². The van der Waals surface area contributed by atoms with Crippen LogP contribution in [-0.4, -0.2) is 71.6 Å². The standard InChI is InChI=1S/C28H34ClNO7/c1-2-3-9-23-30-28(27(36-23)25(33)24(32)22(15-31)37-28)18-10-11-21(29)20(14-18)26(17-7-5-4-6-8-17)35-19-12-13-34-16-19/h4-8,10-11,14,19,22,24-27,31-33H,2-3,9,12-13,15-16H2,1H3/t19-,22+,24+,25-,26?,27?,28?/m0/s1. The van der Waals surface area contributed by atoms with Crippen molar-refractivity contribution in [2.75, 3.05) is 19.8 Å². The number of ether oxygens (including phenoxy) is 4. The van der Waals surface area contributed by atoms with Crippen LogP contribution in [-0.2, 0) is 24.7 Å². The lowest BCUT2D eigenvalue weighted by Gasteiger charge is -2.44. The lowest BCUT2D eigenvalue weighted by molar-refractivity contribution is -0.262. The van der Waals surface area contributed by atoms with Crippen LogP contribution < -0.4 is 0 Å². The highest BCUT2D eigenvalue weighted by Gasteiger charge is 2.60. The summed E-state index contributed by atoms with van der Waals surface area (Å²) in [4.78, 5) is 4.82. The number of rotatable bonds is 9. The Morgan fingerprint density at radius 1 is 1.16 bits per heavy atom. The number of nitrogens with zero attached hydrogens (tertiary/aromatic N) is 1. The predicted molar refractivity (Wildman–Crippen MR) is 138 cm³/mol. The van der Waals surface area contributed by atoms with Crippen molar-refractivity contribution >= 4 is 17.5 Å². The molecule has 200 valence electrons. The summed E-state index contributed by atoms with van der Waals surface area (Å²) < 4.78 is 24.4. The molecule has 3 heterocycles. The van der Waals surface area contributed by atoms with Gasteiger partial charge in [0.15, 0.2) is 12.0 Å². The van der Waals surface area contributed by atoms with Gasteiger partial charge >= 0.3 is 0 Å². The monoisotopic (exact) mass is 531 g/mol. The van der Waals surface area contributed by atoms with E-state index < -0.39 is 42.9 Å². The smallest absolute Gasteiger partial charge is 0.228 e. The highest BCUT2D eigenvalue weighted by molar-refractivity contribution is 6.31. The zero-order valence-corrected chi connectivity index (χ0v) is 21.6. The minimum absolute atomic E-state index is 0.0778. The van der Waals surface area contributed by atoms with Crippen molar-refractivity contribution in [2.45, 2.75) is 75.0 Å². The second kappa shape index (κ2) is 11.4. The molecule has 2 aromatic carbocycles. The fourth-order valence-electron chi connectivity index (χ4n) is 5.22. The van der Waals surface area contributed by atoms with E-state index in [1.54, 1.807) is 12.1 Å². The normalized spacial score (nSPS) is 32.0. The summed E-state index contributed by atoms with van der Waals surface area (Å²) in [7, 11) is 0. The van der Waals surface area contributed by atoms with E-state index in [1.165, 1.54) is 0 Å². The number of aliphatic imine (C=N–C) groups is 1. The minimum Gasteiger partial charge on any atom is -0.469 e. The summed E-state index contributed by atoms with van der Waals surface area (Å²) in [5.74, 6) is 0.451. The molecule has 3 unspecified atom stereocenters. The third-order valence-electron chi connectivity index (χ3n) is 7.25. The van der Waals surface area contributed by atoms with Crippen LogP contribution >= 0.6 is 11.6 Å². The predicted octanol–water partition coefficient (Wildman–Crippen LogP) is 3.49. The largest absolute Gasteiger partial charge is 0.469 e. The minimum atomic E-state index is -1.45. The van der Waals surface area contributed by atoms with Gasteiger partial charge in [-0.15, -0.1) is 0 Å². The van der Waals surface area contributed by atoms with Crippen molar-refractivity contribution in [1.82, 2.24) is 0 Å². The molecule has 0 amide bonds. The van der Waals surface area contributed by atoms with Gasteiger partial charge < -0.3 is 34.3 Å². The molecule has 0 aliphatic carbocycles. The number of hydrogen-bond donors (Lipinski definition) is 3. The lowest BCUT2D eigenvalue weighted by Crippen LogP contribution is -2.61. The van der Waals surface area contributed by atoms with E-state index in [2.05, 4.69) is 6.92 Å². The van der Waals surface area contributed by atoms with Gasteiger partial charge in [0.05, 0.1) is 19.3 Å². The molecule has 8 nitrogen and oxygen atoms in total. The molecule has 0 saturated carbocycles. The van der Waals surface area contributed by atoms with Gasteiger partial charge in [-0.1, -0.05) is 61.3 Å². The maximum absolute atomic E-state index is 11.0. The molecule has 0 bridgehead atoms. The van der Waals surface area contributed by atoms with Crippen molar-refractivity contribution in [3.63, 3.8) is 0 Å². The van der Waals surface area contributed by atoms with Gasteiger partial charge in [0.1, 0.15) is 24.4 Å². The van der Waals surface area contributed by atoms with Crippen LogP contribution in [0.1, 0.15) is 55.4 Å². The molecule has 3 aliphatic rings. The molecule has 0 aromatic heterocycles. The van der Waals surface area contributed by atoms with Crippen LogP contribution in [0.4, 0.5) is 0 Å². The molecule has 3 N–H and O–H groups in total. The van der Waals surface area contributed by atoms with Crippen LogP contribution in [0, 0.1) is 0 Å². The van der Waals surface area contributed by atoms with E-state index in [0.717, 1.165) is 24.8 Å². The Bertz CT molecular complexity index is 1090. The summed E-state index contributed by atoms with van der Waals surface area (Å²) >= 11 is 6.76. The lowest BCUT2D eigenvalue weighted by atomic mass is 9.85. The van der Waals surface area contributed by atoms with E-state index in [1.807, 2.05) is 36.4 Å². The maximum atomic E-state index is 11.0. The molecule has 7 atom stereocenters. The third-order valence-corrected chi connectivity index (χ3v) is 7.59. The fraction of sp³-hybridized carbons (Fsp3) is 0.536. The molecule has 2 saturated heterocycles. The number of benzene rings is 2. The van der Waals surface area contributed by atoms with Crippen LogP contribution in [0.3, 0.4) is 0 Å². The Morgan fingerprint density at radius 3 is 2.68 bits per heavy atom. The number of unbranched alkanes of at least 4 members (excludes halogenated alkanes) is 1. The fourth-order valence-corrected chi connectivity index (χ4v) is 5.44.